The van der Waals surface area contributed by atoms with Crippen molar-refractivity contribution in [3.8, 4) is 0 Å². The Morgan fingerprint density at radius 3 is 2.71 bits per heavy atom. The molecule has 3 atom stereocenters. The average Bonchev–Trinajstić information content (AvgIpc) is 3.16. The molecule has 5 nitrogen and oxygen atoms in total. The molecule has 5 heteroatoms. The van der Waals surface area contributed by atoms with Gasteiger partial charge in [0, 0.05) is 49.8 Å². The van der Waals surface area contributed by atoms with E-state index in [2.05, 4.69) is 53.3 Å². The predicted molar refractivity (Wildman–Crippen MR) is 125 cm³/mol. The van der Waals surface area contributed by atoms with Gasteiger partial charge in [0.15, 0.2) is 0 Å². The largest absolute Gasteiger partial charge is 0.385 e. The molecular formula is C26H37N3O2. The first-order valence-electron chi connectivity index (χ1n) is 11.6. The first-order chi connectivity index (χ1) is 15.1. The molecule has 1 aliphatic heterocycles. The minimum atomic E-state index is -0.119. The molecule has 1 aliphatic rings. The lowest BCUT2D eigenvalue weighted by atomic mass is 9.80. The molecule has 1 aromatic heterocycles. The van der Waals surface area contributed by atoms with E-state index in [0.29, 0.717) is 11.6 Å². The monoisotopic (exact) mass is 423 g/mol. The van der Waals surface area contributed by atoms with Crippen LogP contribution in [-0.2, 0) is 4.74 Å². The van der Waals surface area contributed by atoms with E-state index in [4.69, 9.17) is 4.74 Å². The Balaban J connectivity index is 2.00. The maximum atomic E-state index is 13.4. The highest BCUT2D eigenvalue weighted by Crippen LogP contribution is 2.46. The fourth-order valence-corrected chi connectivity index (χ4v) is 5.29. The molecule has 1 amide bonds. The average molecular weight is 424 g/mol. The van der Waals surface area contributed by atoms with E-state index in [0.717, 1.165) is 56.4 Å². The second-order valence-electron chi connectivity index (χ2n) is 8.61. The number of benzene rings is 1. The van der Waals surface area contributed by atoms with Crippen LogP contribution in [0.25, 0.3) is 0 Å². The second-order valence-corrected chi connectivity index (χ2v) is 8.61. The number of nitrogens with zero attached hydrogens (tertiary/aromatic N) is 2. The van der Waals surface area contributed by atoms with Gasteiger partial charge in [0.1, 0.15) is 0 Å². The Labute approximate surface area is 187 Å². The summed E-state index contributed by atoms with van der Waals surface area (Å²) in [6.45, 7) is 8.21. The molecule has 2 aromatic rings. The van der Waals surface area contributed by atoms with Crippen molar-refractivity contribution in [2.45, 2.75) is 70.5 Å². The van der Waals surface area contributed by atoms with Crippen molar-refractivity contribution in [3.63, 3.8) is 0 Å². The molecule has 168 valence electrons. The predicted octanol–water partition coefficient (Wildman–Crippen LogP) is 4.92. The summed E-state index contributed by atoms with van der Waals surface area (Å²) in [5.74, 6) is -0.0293. The van der Waals surface area contributed by atoms with Gasteiger partial charge in [-0.2, -0.15) is 0 Å². The minimum absolute atomic E-state index is 0.0293. The third-order valence-electron chi connectivity index (χ3n) is 6.96. The van der Waals surface area contributed by atoms with Crippen LogP contribution in [0, 0.1) is 6.92 Å². The van der Waals surface area contributed by atoms with Crippen molar-refractivity contribution in [1.82, 2.24) is 15.2 Å². The van der Waals surface area contributed by atoms with Crippen LogP contribution < -0.4 is 5.32 Å². The third-order valence-corrected chi connectivity index (χ3v) is 6.96. The summed E-state index contributed by atoms with van der Waals surface area (Å²) in [6.07, 6.45) is 8.76. The van der Waals surface area contributed by atoms with Gasteiger partial charge in [0.25, 0.3) is 5.91 Å². The van der Waals surface area contributed by atoms with Crippen molar-refractivity contribution >= 4 is 5.91 Å². The van der Waals surface area contributed by atoms with Crippen LogP contribution in [0.1, 0.15) is 73.5 Å². The second kappa shape index (κ2) is 10.9. The molecule has 3 unspecified atom stereocenters. The van der Waals surface area contributed by atoms with Crippen LogP contribution in [0.5, 0.6) is 0 Å². The zero-order valence-corrected chi connectivity index (χ0v) is 19.4. The summed E-state index contributed by atoms with van der Waals surface area (Å²) < 4.78 is 5.35. The molecule has 0 bridgehead atoms. The molecule has 2 heterocycles. The normalized spacial score (nSPS) is 22.4. The Kier molecular flexibility index (Phi) is 8.22. The topological polar surface area (TPSA) is 54.5 Å². The van der Waals surface area contributed by atoms with Crippen LogP contribution >= 0.6 is 0 Å². The number of carbonyl (C=O) groups excluding carboxylic acids is 1. The molecule has 0 saturated carbocycles. The van der Waals surface area contributed by atoms with Crippen LogP contribution in [0.3, 0.4) is 0 Å². The first-order valence-corrected chi connectivity index (χ1v) is 11.6. The fraction of sp³-hybridized carbons (Fsp3) is 0.538. The highest BCUT2D eigenvalue weighted by Gasteiger charge is 2.50. The van der Waals surface area contributed by atoms with E-state index in [9.17, 15) is 4.79 Å². The van der Waals surface area contributed by atoms with E-state index in [-0.39, 0.29) is 17.5 Å². The summed E-state index contributed by atoms with van der Waals surface area (Å²) in [6, 6.07) is 12.7. The van der Waals surface area contributed by atoms with E-state index in [1.165, 1.54) is 0 Å². The minimum Gasteiger partial charge on any atom is -0.385 e. The van der Waals surface area contributed by atoms with Gasteiger partial charge in [-0.25, -0.2) is 0 Å². The van der Waals surface area contributed by atoms with Gasteiger partial charge >= 0.3 is 0 Å². The van der Waals surface area contributed by atoms with Gasteiger partial charge < -0.3 is 10.1 Å². The Morgan fingerprint density at radius 1 is 1.29 bits per heavy atom. The standard InChI is InChI=1S/C26H37N3O2/c1-5-22-13-15-26(6-2,29(22)17-10-18-31-4)24(21-11-8-7-9-12-21)28-25(30)23-14-16-27-19-20(23)3/h7-9,11-12,14,16,19,22,24H,5-6,10,13,15,17-18H2,1-4H3,(H,28,30). The number of methoxy groups -OCH3 is 1. The van der Waals surface area contributed by atoms with Crippen LogP contribution in [0.4, 0.5) is 0 Å². The number of amides is 1. The summed E-state index contributed by atoms with van der Waals surface area (Å²) in [5, 5.41) is 3.45. The number of aryl methyl sites for hydroxylation is 1. The Hall–Kier alpha value is -2.24. The number of hydrogen-bond acceptors (Lipinski definition) is 4. The maximum absolute atomic E-state index is 13.4. The molecule has 31 heavy (non-hydrogen) atoms. The Bertz CT molecular complexity index is 842. The zero-order valence-electron chi connectivity index (χ0n) is 19.4. The fourth-order valence-electron chi connectivity index (χ4n) is 5.29. The molecule has 1 saturated heterocycles. The SMILES string of the molecule is CCC1CCC(CC)(C(NC(=O)c2ccncc2C)c2ccccc2)N1CCCOC. The molecule has 0 spiro atoms. The van der Waals surface area contributed by atoms with Crippen molar-refractivity contribution in [2.24, 2.45) is 0 Å². The summed E-state index contributed by atoms with van der Waals surface area (Å²) in [7, 11) is 1.76. The lowest BCUT2D eigenvalue weighted by Gasteiger charge is -2.46. The van der Waals surface area contributed by atoms with Crippen molar-refractivity contribution < 1.29 is 9.53 Å². The molecule has 1 fully saturated rings. The van der Waals surface area contributed by atoms with Gasteiger partial charge in [0.05, 0.1) is 6.04 Å². The Morgan fingerprint density at radius 2 is 2.06 bits per heavy atom. The molecule has 3 rings (SSSR count). The number of carbonyl (C=O) groups is 1. The molecule has 0 aliphatic carbocycles. The number of rotatable bonds is 10. The van der Waals surface area contributed by atoms with Crippen molar-refractivity contribution in [2.75, 3.05) is 20.3 Å². The van der Waals surface area contributed by atoms with Crippen LogP contribution in [0.2, 0.25) is 0 Å². The van der Waals surface area contributed by atoms with Crippen molar-refractivity contribution in [1.29, 1.82) is 0 Å². The molecule has 1 N–H and O–H groups in total. The summed E-state index contributed by atoms with van der Waals surface area (Å²) >= 11 is 0. The van der Waals surface area contributed by atoms with Crippen LogP contribution in [-0.4, -0.2) is 47.6 Å². The van der Waals surface area contributed by atoms with Crippen molar-refractivity contribution in [3.05, 3.63) is 65.5 Å². The number of hydrogen-bond donors (Lipinski definition) is 1. The number of aromatic nitrogens is 1. The summed E-state index contributed by atoms with van der Waals surface area (Å²) in [5.41, 5.74) is 2.63. The lowest BCUT2D eigenvalue weighted by Crippen LogP contribution is -2.56. The smallest absolute Gasteiger partial charge is 0.252 e. The highest BCUT2D eigenvalue weighted by molar-refractivity contribution is 5.95. The van der Waals surface area contributed by atoms with Gasteiger partial charge in [-0.05, 0) is 56.2 Å². The van der Waals surface area contributed by atoms with Gasteiger partial charge in [-0.3, -0.25) is 14.7 Å². The molecule has 1 aromatic carbocycles. The third kappa shape index (κ3) is 4.99. The molecule has 0 radical (unpaired) electrons. The van der Waals surface area contributed by atoms with Gasteiger partial charge in [0.2, 0.25) is 0 Å². The molecular weight excluding hydrogens is 386 g/mol. The number of nitrogens with one attached hydrogen (secondary N) is 1. The van der Waals surface area contributed by atoms with Gasteiger partial charge in [-0.15, -0.1) is 0 Å². The van der Waals surface area contributed by atoms with E-state index in [1.54, 1.807) is 19.5 Å². The van der Waals surface area contributed by atoms with E-state index < -0.39 is 0 Å². The zero-order chi connectivity index (χ0) is 22.3. The number of likely N-dealkylation sites (tertiary alicyclic amines) is 1. The first kappa shape index (κ1) is 23.4. The maximum Gasteiger partial charge on any atom is 0.252 e. The number of pyridine rings is 1. The lowest BCUT2D eigenvalue weighted by molar-refractivity contribution is 0.0432. The van der Waals surface area contributed by atoms with Crippen LogP contribution in [0.15, 0.2) is 48.8 Å². The number of ether oxygens (including phenoxy) is 1. The summed E-state index contributed by atoms with van der Waals surface area (Å²) in [4.78, 5) is 20.2. The van der Waals surface area contributed by atoms with E-state index >= 15 is 0 Å². The van der Waals surface area contributed by atoms with E-state index in [1.807, 2.05) is 19.1 Å². The van der Waals surface area contributed by atoms with Gasteiger partial charge in [-0.1, -0.05) is 44.2 Å². The quantitative estimate of drug-likeness (QED) is 0.551. The highest BCUT2D eigenvalue weighted by atomic mass is 16.5.